The summed E-state index contributed by atoms with van der Waals surface area (Å²) in [5.41, 5.74) is 3.05. The number of rotatable bonds is 9. The summed E-state index contributed by atoms with van der Waals surface area (Å²) in [5.74, 6) is -0.433. The van der Waals surface area contributed by atoms with Crippen LogP contribution in [0.4, 0.5) is 0 Å². The van der Waals surface area contributed by atoms with Crippen molar-refractivity contribution < 1.29 is 19.4 Å². The van der Waals surface area contributed by atoms with Gasteiger partial charge in [0.2, 0.25) is 5.88 Å². The van der Waals surface area contributed by atoms with E-state index in [2.05, 4.69) is 4.98 Å². The van der Waals surface area contributed by atoms with E-state index in [0.29, 0.717) is 46.4 Å². The standard InChI is InChI=1S/C27H27N3O5S2/c1-16-9-7-11-20(18(16)3)35-24-19(25(33)29-14-8-10-17(2)23(29)28-24)15-21-26(34)30(27(36)37-21)13-6-4-5-12-22(31)32/h7-11,14-15H,4-6,12-13H2,1-3H3,(H,31,32)/b21-15+. The van der Waals surface area contributed by atoms with Gasteiger partial charge in [-0.2, -0.15) is 4.98 Å². The zero-order chi connectivity index (χ0) is 26.7. The van der Waals surface area contributed by atoms with Gasteiger partial charge in [-0.1, -0.05) is 48.6 Å². The number of aromatic nitrogens is 2. The molecule has 0 bridgehead atoms. The first-order valence-electron chi connectivity index (χ1n) is 11.9. The number of benzene rings is 1. The highest BCUT2D eigenvalue weighted by atomic mass is 32.2. The van der Waals surface area contributed by atoms with E-state index in [1.165, 1.54) is 15.4 Å². The number of carboxylic acid groups (broad SMARTS) is 1. The third kappa shape index (κ3) is 5.75. The SMILES string of the molecule is Cc1cccc(Oc2nc3c(C)cccn3c(=O)c2/C=C2/SC(=S)N(CCCCCC(=O)O)C2=O)c1C. The van der Waals surface area contributed by atoms with Gasteiger partial charge < -0.3 is 9.84 Å². The second-order valence-corrected chi connectivity index (χ2v) is 10.5. The second-order valence-electron chi connectivity index (χ2n) is 8.86. The molecule has 1 fully saturated rings. The van der Waals surface area contributed by atoms with Gasteiger partial charge in [0.05, 0.1) is 4.91 Å². The highest BCUT2D eigenvalue weighted by Gasteiger charge is 2.32. The number of aliphatic carboxylic acids is 1. The zero-order valence-corrected chi connectivity index (χ0v) is 22.4. The van der Waals surface area contributed by atoms with Gasteiger partial charge in [-0.15, -0.1) is 0 Å². The maximum absolute atomic E-state index is 13.6. The van der Waals surface area contributed by atoms with Crippen LogP contribution in [0.15, 0.2) is 46.2 Å². The molecule has 0 spiro atoms. The number of thiocarbonyl (C=S) groups is 1. The first-order chi connectivity index (χ1) is 17.7. The van der Waals surface area contributed by atoms with Crippen molar-refractivity contribution in [1.29, 1.82) is 0 Å². The fourth-order valence-electron chi connectivity index (χ4n) is 3.98. The first kappa shape index (κ1) is 26.6. The molecule has 3 heterocycles. The van der Waals surface area contributed by atoms with Crippen LogP contribution in [0.3, 0.4) is 0 Å². The molecule has 0 aliphatic carbocycles. The minimum absolute atomic E-state index is 0.0971. The molecule has 192 valence electrons. The lowest BCUT2D eigenvalue weighted by Crippen LogP contribution is -2.29. The number of aryl methyl sites for hydroxylation is 2. The zero-order valence-electron chi connectivity index (χ0n) is 20.8. The lowest BCUT2D eigenvalue weighted by atomic mass is 10.1. The average molecular weight is 538 g/mol. The Morgan fingerprint density at radius 3 is 2.62 bits per heavy atom. The number of fused-ring (bicyclic) bond motifs is 1. The van der Waals surface area contributed by atoms with Crippen LogP contribution in [0, 0.1) is 20.8 Å². The molecule has 2 aromatic heterocycles. The number of hydrogen-bond donors (Lipinski definition) is 1. The van der Waals surface area contributed by atoms with Crippen LogP contribution in [0.2, 0.25) is 0 Å². The van der Waals surface area contributed by atoms with Crippen molar-refractivity contribution in [3.05, 3.63) is 74.0 Å². The van der Waals surface area contributed by atoms with Gasteiger partial charge in [0.15, 0.2) is 0 Å². The molecule has 0 radical (unpaired) electrons. The van der Waals surface area contributed by atoms with Crippen LogP contribution in [-0.4, -0.2) is 42.1 Å². The molecule has 10 heteroatoms. The van der Waals surface area contributed by atoms with Gasteiger partial charge in [0.25, 0.3) is 11.5 Å². The predicted octanol–water partition coefficient (Wildman–Crippen LogP) is 5.26. The van der Waals surface area contributed by atoms with E-state index in [1.807, 2.05) is 45.0 Å². The van der Waals surface area contributed by atoms with Gasteiger partial charge in [0, 0.05) is 19.2 Å². The quantitative estimate of drug-likeness (QED) is 0.224. The van der Waals surface area contributed by atoms with E-state index >= 15 is 0 Å². The summed E-state index contributed by atoms with van der Waals surface area (Å²) >= 11 is 6.56. The second kappa shape index (κ2) is 11.3. The Balaban J connectivity index is 1.70. The molecule has 0 saturated carbocycles. The molecule has 3 aromatic rings. The van der Waals surface area contributed by atoms with Gasteiger partial charge in [-0.05, 0) is 68.5 Å². The van der Waals surface area contributed by atoms with Gasteiger partial charge in [0.1, 0.15) is 21.3 Å². The third-order valence-electron chi connectivity index (χ3n) is 6.23. The molecule has 1 N–H and O–H groups in total. The van der Waals surface area contributed by atoms with Crippen molar-refractivity contribution in [3.63, 3.8) is 0 Å². The molecule has 1 aliphatic heterocycles. The lowest BCUT2D eigenvalue weighted by molar-refractivity contribution is -0.137. The Labute approximate surface area is 224 Å². The Kier molecular flexibility index (Phi) is 8.09. The largest absolute Gasteiger partial charge is 0.481 e. The van der Waals surface area contributed by atoms with Crippen LogP contribution in [-0.2, 0) is 9.59 Å². The Morgan fingerprint density at radius 1 is 1.11 bits per heavy atom. The topological polar surface area (TPSA) is 101 Å². The number of thioether (sulfide) groups is 1. The summed E-state index contributed by atoms with van der Waals surface area (Å²) in [6.07, 6.45) is 5.09. The first-order valence-corrected chi connectivity index (χ1v) is 13.1. The maximum atomic E-state index is 13.6. The van der Waals surface area contributed by atoms with Crippen molar-refractivity contribution in [2.45, 2.75) is 46.5 Å². The monoisotopic (exact) mass is 537 g/mol. The Hall–Kier alpha value is -3.50. The van der Waals surface area contributed by atoms with Crippen LogP contribution < -0.4 is 10.3 Å². The van der Waals surface area contributed by atoms with Crippen molar-refractivity contribution >= 4 is 51.9 Å². The van der Waals surface area contributed by atoms with Gasteiger partial charge >= 0.3 is 5.97 Å². The van der Waals surface area contributed by atoms with Crippen LogP contribution in [0.1, 0.15) is 47.9 Å². The number of amides is 1. The van der Waals surface area contributed by atoms with E-state index in [0.717, 1.165) is 28.5 Å². The normalized spacial score (nSPS) is 14.7. The highest BCUT2D eigenvalue weighted by molar-refractivity contribution is 8.26. The molecule has 1 aliphatic rings. The molecule has 8 nitrogen and oxygen atoms in total. The fraction of sp³-hybridized carbons (Fsp3) is 0.296. The Morgan fingerprint density at radius 2 is 1.86 bits per heavy atom. The van der Waals surface area contributed by atoms with E-state index in [-0.39, 0.29) is 29.3 Å². The minimum atomic E-state index is -0.835. The number of carbonyl (C=O) groups is 2. The van der Waals surface area contributed by atoms with E-state index in [1.54, 1.807) is 12.3 Å². The summed E-state index contributed by atoms with van der Waals surface area (Å²) < 4.78 is 8.04. The van der Waals surface area contributed by atoms with Crippen LogP contribution in [0.5, 0.6) is 11.6 Å². The smallest absolute Gasteiger partial charge is 0.303 e. The predicted molar refractivity (Wildman–Crippen MR) is 148 cm³/mol. The van der Waals surface area contributed by atoms with E-state index in [4.69, 9.17) is 22.1 Å². The molecule has 1 amide bonds. The summed E-state index contributed by atoms with van der Waals surface area (Å²) in [7, 11) is 0. The van der Waals surface area contributed by atoms with Crippen LogP contribution >= 0.6 is 24.0 Å². The number of ether oxygens (including phenoxy) is 1. The molecule has 37 heavy (non-hydrogen) atoms. The number of pyridine rings is 1. The number of carboxylic acids is 1. The van der Waals surface area contributed by atoms with Crippen LogP contribution in [0.25, 0.3) is 11.7 Å². The average Bonchev–Trinajstić information content (AvgIpc) is 3.11. The highest BCUT2D eigenvalue weighted by Crippen LogP contribution is 2.35. The summed E-state index contributed by atoms with van der Waals surface area (Å²) in [4.78, 5) is 43.9. The number of carbonyl (C=O) groups excluding carboxylic acids is 1. The summed E-state index contributed by atoms with van der Waals surface area (Å²) in [5, 5.41) is 8.79. The number of hydrogen-bond acceptors (Lipinski definition) is 7. The Bertz CT molecular complexity index is 1500. The van der Waals surface area contributed by atoms with Crippen molar-refractivity contribution in [1.82, 2.24) is 14.3 Å². The number of nitrogens with zero attached hydrogens (tertiary/aromatic N) is 3. The molecule has 1 aromatic carbocycles. The van der Waals surface area contributed by atoms with Crippen molar-refractivity contribution in [3.8, 4) is 11.6 Å². The minimum Gasteiger partial charge on any atom is -0.481 e. The third-order valence-corrected chi connectivity index (χ3v) is 7.61. The molecule has 4 rings (SSSR count). The van der Waals surface area contributed by atoms with Gasteiger partial charge in [-0.3, -0.25) is 23.7 Å². The summed E-state index contributed by atoms with van der Waals surface area (Å²) in [6, 6.07) is 9.30. The lowest BCUT2D eigenvalue weighted by Gasteiger charge is -2.14. The molecular weight excluding hydrogens is 510 g/mol. The van der Waals surface area contributed by atoms with Gasteiger partial charge in [-0.25, -0.2) is 0 Å². The fourth-order valence-corrected chi connectivity index (χ4v) is 5.27. The molecule has 0 atom stereocenters. The molecular formula is C27H27N3O5S2. The number of unbranched alkanes of at least 4 members (excludes halogenated alkanes) is 2. The maximum Gasteiger partial charge on any atom is 0.303 e. The van der Waals surface area contributed by atoms with Crippen molar-refractivity contribution in [2.24, 2.45) is 0 Å². The van der Waals surface area contributed by atoms with Crippen molar-refractivity contribution in [2.75, 3.05) is 6.54 Å². The molecule has 1 saturated heterocycles. The molecule has 0 unspecified atom stereocenters. The van der Waals surface area contributed by atoms with E-state index < -0.39 is 5.97 Å². The van der Waals surface area contributed by atoms with E-state index in [9.17, 15) is 14.4 Å². The summed E-state index contributed by atoms with van der Waals surface area (Å²) in [6.45, 7) is 6.17.